The fourth-order valence-corrected chi connectivity index (χ4v) is 2.46. The average molecular weight is 266 g/mol. The first kappa shape index (κ1) is 14.0. The standard InChI is InChI=1S/C13H22N4O2/c1-18-9-13(3-5-14-6-4-13)8-15-11-7-12(19-2)17-10-16-11/h7,10,14H,3-6,8-9H2,1-2H3,(H,15,16,17). The minimum atomic E-state index is 0.179. The molecule has 6 heteroatoms. The Morgan fingerprint density at radius 1 is 1.32 bits per heavy atom. The molecule has 2 rings (SSSR count). The van der Waals surface area contributed by atoms with E-state index in [9.17, 15) is 0 Å². The molecule has 2 N–H and O–H groups in total. The van der Waals surface area contributed by atoms with Crippen LogP contribution in [0.15, 0.2) is 12.4 Å². The van der Waals surface area contributed by atoms with Crippen LogP contribution in [0.3, 0.4) is 0 Å². The van der Waals surface area contributed by atoms with Gasteiger partial charge in [0.05, 0.1) is 13.7 Å². The number of nitrogens with zero attached hydrogens (tertiary/aromatic N) is 2. The molecule has 0 aliphatic carbocycles. The topological polar surface area (TPSA) is 68.3 Å². The van der Waals surface area contributed by atoms with Gasteiger partial charge in [0, 0.05) is 25.1 Å². The zero-order valence-corrected chi connectivity index (χ0v) is 11.6. The van der Waals surface area contributed by atoms with E-state index >= 15 is 0 Å². The third-order valence-electron chi connectivity index (χ3n) is 3.61. The molecular formula is C13H22N4O2. The Morgan fingerprint density at radius 2 is 2.11 bits per heavy atom. The van der Waals surface area contributed by atoms with Gasteiger partial charge in [0.15, 0.2) is 0 Å². The molecule has 0 amide bonds. The van der Waals surface area contributed by atoms with E-state index in [1.807, 2.05) is 6.07 Å². The van der Waals surface area contributed by atoms with E-state index in [-0.39, 0.29) is 5.41 Å². The van der Waals surface area contributed by atoms with Gasteiger partial charge in [-0.05, 0) is 25.9 Å². The van der Waals surface area contributed by atoms with E-state index in [4.69, 9.17) is 9.47 Å². The maximum absolute atomic E-state index is 5.39. The SMILES string of the molecule is COCC1(CNc2cc(OC)ncn2)CCNCC1. The zero-order valence-electron chi connectivity index (χ0n) is 11.6. The molecule has 0 bridgehead atoms. The summed E-state index contributed by atoms with van der Waals surface area (Å²) in [6, 6.07) is 1.81. The third kappa shape index (κ3) is 3.78. The molecule has 6 nitrogen and oxygen atoms in total. The van der Waals surface area contributed by atoms with E-state index in [1.54, 1.807) is 14.2 Å². The lowest BCUT2D eigenvalue weighted by atomic mass is 9.79. The Kier molecular flexibility index (Phi) is 4.93. The van der Waals surface area contributed by atoms with E-state index in [0.717, 1.165) is 44.9 Å². The van der Waals surface area contributed by atoms with E-state index in [1.165, 1.54) is 6.33 Å². The highest BCUT2D eigenvalue weighted by molar-refractivity contribution is 5.37. The summed E-state index contributed by atoms with van der Waals surface area (Å²) >= 11 is 0. The summed E-state index contributed by atoms with van der Waals surface area (Å²) in [6.45, 7) is 3.70. The van der Waals surface area contributed by atoms with Crippen LogP contribution in [0.25, 0.3) is 0 Å². The fourth-order valence-electron chi connectivity index (χ4n) is 2.46. The Bertz CT molecular complexity index is 388. The highest BCUT2D eigenvalue weighted by atomic mass is 16.5. The molecule has 2 heterocycles. The van der Waals surface area contributed by atoms with Crippen LogP contribution in [0.5, 0.6) is 5.88 Å². The summed E-state index contributed by atoms with van der Waals surface area (Å²) in [5.41, 5.74) is 0.179. The van der Waals surface area contributed by atoms with Crippen LogP contribution in [-0.2, 0) is 4.74 Å². The molecule has 0 saturated carbocycles. The second-order valence-corrected chi connectivity index (χ2v) is 4.98. The van der Waals surface area contributed by atoms with E-state index in [2.05, 4.69) is 20.6 Å². The van der Waals surface area contributed by atoms with Gasteiger partial charge in [0.25, 0.3) is 0 Å². The van der Waals surface area contributed by atoms with Crippen molar-refractivity contribution in [3.05, 3.63) is 12.4 Å². The molecule has 19 heavy (non-hydrogen) atoms. The molecule has 0 unspecified atom stereocenters. The van der Waals surface area contributed by atoms with Crippen molar-refractivity contribution in [3.63, 3.8) is 0 Å². The number of ether oxygens (including phenoxy) is 2. The van der Waals surface area contributed by atoms with Crippen molar-refractivity contribution in [2.24, 2.45) is 5.41 Å². The average Bonchev–Trinajstić information content (AvgIpc) is 2.47. The van der Waals surface area contributed by atoms with E-state index in [0.29, 0.717) is 5.88 Å². The molecule has 1 aromatic rings. The maximum Gasteiger partial charge on any atom is 0.218 e. The molecule has 0 spiro atoms. The summed E-state index contributed by atoms with van der Waals surface area (Å²) < 4.78 is 10.5. The molecule has 0 radical (unpaired) electrons. The number of nitrogens with one attached hydrogen (secondary N) is 2. The predicted molar refractivity (Wildman–Crippen MR) is 73.5 cm³/mol. The van der Waals surface area contributed by atoms with Crippen molar-refractivity contribution in [2.45, 2.75) is 12.8 Å². The molecule has 106 valence electrons. The highest BCUT2D eigenvalue weighted by Gasteiger charge is 2.32. The van der Waals surface area contributed by atoms with Crippen LogP contribution >= 0.6 is 0 Å². The van der Waals surface area contributed by atoms with Gasteiger partial charge in [-0.2, -0.15) is 0 Å². The second-order valence-electron chi connectivity index (χ2n) is 4.98. The molecule has 1 saturated heterocycles. The van der Waals surface area contributed by atoms with Crippen LogP contribution in [0.1, 0.15) is 12.8 Å². The number of anilines is 1. The van der Waals surface area contributed by atoms with Crippen LogP contribution in [0.2, 0.25) is 0 Å². The van der Waals surface area contributed by atoms with Gasteiger partial charge in [0.2, 0.25) is 5.88 Å². The molecular weight excluding hydrogens is 244 g/mol. The summed E-state index contributed by atoms with van der Waals surface area (Å²) in [7, 11) is 3.36. The predicted octanol–water partition coefficient (Wildman–Crippen LogP) is 0.913. The minimum absolute atomic E-state index is 0.179. The number of hydrogen-bond donors (Lipinski definition) is 2. The van der Waals surface area contributed by atoms with Crippen molar-refractivity contribution >= 4 is 5.82 Å². The lowest BCUT2D eigenvalue weighted by Crippen LogP contribution is -2.44. The van der Waals surface area contributed by atoms with Gasteiger partial charge in [-0.1, -0.05) is 0 Å². The maximum atomic E-state index is 5.39. The summed E-state index contributed by atoms with van der Waals surface area (Å²) in [5, 5.41) is 6.76. The number of aromatic nitrogens is 2. The minimum Gasteiger partial charge on any atom is -0.481 e. The van der Waals surface area contributed by atoms with Gasteiger partial charge in [0.1, 0.15) is 12.1 Å². The zero-order chi connectivity index (χ0) is 13.6. The van der Waals surface area contributed by atoms with Gasteiger partial charge in [-0.25, -0.2) is 9.97 Å². The second kappa shape index (κ2) is 6.68. The van der Waals surface area contributed by atoms with Crippen LogP contribution in [-0.4, -0.2) is 50.4 Å². The largest absolute Gasteiger partial charge is 0.481 e. The summed E-state index contributed by atoms with van der Waals surface area (Å²) in [6.07, 6.45) is 3.72. The van der Waals surface area contributed by atoms with E-state index < -0.39 is 0 Å². The molecule has 0 atom stereocenters. The first-order valence-electron chi connectivity index (χ1n) is 6.58. The number of hydrogen-bond acceptors (Lipinski definition) is 6. The van der Waals surface area contributed by atoms with Crippen molar-refractivity contribution in [1.29, 1.82) is 0 Å². The van der Waals surface area contributed by atoms with Gasteiger partial charge < -0.3 is 20.1 Å². The normalized spacial score (nSPS) is 18.0. The lowest BCUT2D eigenvalue weighted by molar-refractivity contribution is 0.0635. The van der Waals surface area contributed by atoms with Gasteiger partial charge in [-0.15, -0.1) is 0 Å². The fraction of sp³-hybridized carbons (Fsp3) is 0.692. The Morgan fingerprint density at radius 3 is 2.79 bits per heavy atom. The first-order valence-corrected chi connectivity index (χ1v) is 6.58. The molecule has 1 aliphatic rings. The highest BCUT2D eigenvalue weighted by Crippen LogP contribution is 2.29. The van der Waals surface area contributed by atoms with Crippen molar-refractivity contribution in [3.8, 4) is 5.88 Å². The Hall–Kier alpha value is -1.40. The van der Waals surface area contributed by atoms with Crippen LogP contribution in [0.4, 0.5) is 5.82 Å². The first-order chi connectivity index (χ1) is 9.28. The number of rotatable bonds is 6. The molecule has 1 aromatic heterocycles. The van der Waals surface area contributed by atoms with Crippen LogP contribution < -0.4 is 15.4 Å². The van der Waals surface area contributed by atoms with Gasteiger partial charge in [-0.3, -0.25) is 0 Å². The van der Waals surface area contributed by atoms with Crippen LogP contribution in [0, 0.1) is 5.41 Å². The quantitative estimate of drug-likeness (QED) is 0.798. The van der Waals surface area contributed by atoms with Crippen molar-refractivity contribution < 1.29 is 9.47 Å². The molecule has 1 fully saturated rings. The lowest BCUT2D eigenvalue weighted by Gasteiger charge is -2.37. The smallest absolute Gasteiger partial charge is 0.218 e. The summed E-state index contributed by atoms with van der Waals surface area (Å²) in [4.78, 5) is 8.20. The monoisotopic (exact) mass is 266 g/mol. The summed E-state index contributed by atoms with van der Waals surface area (Å²) in [5.74, 6) is 1.37. The number of piperidine rings is 1. The Labute approximate surface area is 113 Å². The molecule has 0 aromatic carbocycles. The molecule has 1 aliphatic heterocycles. The third-order valence-corrected chi connectivity index (χ3v) is 3.61. The van der Waals surface area contributed by atoms with Crippen molar-refractivity contribution in [2.75, 3.05) is 45.8 Å². The van der Waals surface area contributed by atoms with Gasteiger partial charge >= 0.3 is 0 Å². The number of methoxy groups -OCH3 is 2. The van der Waals surface area contributed by atoms with Crippen molar-refractivity contribution in [1.82, 2.24) is 15.3 Å². The Balaban J connectivity index is 1.97.